The number of benzene rings is 3. The van der Waals surface area contributed by atoms with Gasteiger partial charge in [-0.05, 0) is 72.1 Å². The highest BCUT2D eigenvalue weighted by atomic mass is 19.1. The Kier molecular flexibility index (Phi) is 6.34. The topological polar surface area (TPSA) is 57.9 Å². The van der Waals surface area contributed by atoms with Crippen molar-refractivity contribution in [1.82, 2.24) is 9.47 Å². The summed E-state index contributed by atoms with van der Waals surface area (Å²) in [6, 6.07) is 17.7. The van der Waals surface area contributed by atoms with Gasteiger partial charge in [0.1, 0.15) is 18.1 Å². The molecular weight excluding hydrogens is 450 g/mol. The summed E-state index contributed by atoms with van der Waals surface area (Å²) in [6.45, 7) is 5.00. The Balaban J connectivity index is 1.39. The first-order valence-corrected chi connectivity index (χ1v) is 11.7. The van der Waals surface area contributed by atoms with E-state index in [4.69, 9.17) is 4.74 Å². The molecule has 1 aliphatic heterocycles. The molecule has 5 nitrogen and oxygen atoms in total. The van der Waals surface area contributed by atoms with Crippen LogP contribution in [0, 0.1) is 18.7 Å². The highest BCUT2D eigenvalue weighted by Gasteiger charge is 2.26. The molecule has 2 N–H and O–H groups in total. The van der Waals surface area contributed by atoms with Gasteiger partial charge in [0.05, 0.1) is 17.9 Å². The van der Waals surface area contributed by atoms with Gasteiger partial charge in [-0.2, -0.15) is 0 Å². The van der Waals surface area contributed by atoms with Gasteiger partial charge in [-0.1, -0.05) is 12.1 Å². The van der Waals surface area contributed by atoms with Crippen molar-refractivity contribution in [3.8, 4) is 28.5 Å². The lowest BCUT2D eigenvalue weighted by molar-refractivity contribution is 0.0668. The number of alkyl halides is 1. The van der Waals surface area contributed by atoms with Gasteiger partial charge >= 0.3 is 0 Å². The maximum Gasteiger partial charge on any atom is 0.174 e. The summed E-state index contributed by atoms with van der Waals surface area (Å²) in [7, 11) is 0. The highest BCUT2D eigenvalue weighted by Crippen LogP contribution is 2.38. The molecule has 1 aromatic heterocycles. The second-order valence-corrected chi connectivity index (χ2v) is 9.17. The van der Waals surface area contributed by atoms with E-state index in [2.05, 4.69) is 4.90 Å². The van der Waals surface area contributed by atoms with Crippen molar-refractivity contribution in [1.29, 1.82) is 0 Å². The standard InChI is InChI=1S/C28H28F2N2O3/c1-18-26-24(10-11-25(34)27(26)30)32(28(18)21-4-6-22(33)7-5-21)17-19-2-8-23(9-3-19)35-13-12-31-15-20(14-29)16-31/h2-11,20,33-34H,12-17H2,1H3. The predicted molar refractivity (Wildman–Crippen MR) is 132 cm³/mol. The molecule has 1 saturated heterocycles. The Labute approximate surface area is 202 Å². The highest BCUT2D eigenvalue weighted by molar-refractivity contribution is 5.93. The van der Waals surface area contributed by atoms with Crippen LogP contribution in [0.5, 0.6) is 17.2 Å². The van der Waals surface area contributed by atoms with Crippen molar-refractivity contribution in [2.24, 2.45) is 5.92 Å². The van der Waals surface area contributed by atoms with Crippen LogP contribution in [0.2, 0.25) is 0 Å². The van der Waals surface area contributed by atoms with Crippen LogP contribution in [0.4, 0.5) is 8.78 Å². The second kappa shape index (κ2) is 9.58. The third-order valence-corrected chi connectivity index (χ3v) is 6.72. The maximum atomic E-state index is 14.9. The van der Waals surface area contributed by atoms with E-state index < -0.39 is 5.82 Å². The first-order valence-electron chi connectivity index (χ1n) is 11.7. The van der Waals surface area contributed by atoms with Gasteiger partial charge in [0.25, 0.3) is 0 Å². The van der Waals surface area contributed by atoms with Crippen molar-refractivity contribution < 1.29 is 23.7 Å². The first kappa shape index (κ1) is 23.2. The Bertz CT molecular complexity index is 1330. The largest absolute Gasteiger partial charge is 0.508 e. The lowest BCUT2D eigenvalue weighted by Crippen LogP contribution is -2.49. The number of aromatic nitrogens is 1. The average molecular weight is 479 g/mol. The molecule has 2 heterocycles. The molecule has 0 unspecified atom stereocenters. The number of hydrogen-bond acceptors (Lipinski definition) is 4. The normalized spacial score (nSPS) is 14.4. The Morgan fingerprint density at radius 1 is 0.971 bits per heavy atom. The third-order valence-electron chi connectivity index (χ3n) is 6.72. The van der Waals surface area contributed by atoms with Gasteiger partial charge in [0, 0.05) is 37.5 Å². The summed E-state index contributed by atoms with van der Waals surface area (Å²) in [5, 5.41) is 20.1. The van der Waals surface area contributed by atoms with Gasteiger partial charge in [-0.25, -0.2) is 4.39 Å². The zero-order valence-electron chi connectivity index (χ0n) is 19.5. The van der Waals surface area contributed by atoms with E-state index >= 15 is 0 Å². The number of nitrogens with zero attached hydrogens (tertiary/aromatic N) is 2. The summed E-state index contributed by atoms with van der Waals surface area (Å²) in [5.41, 5.74) is 4.08. The molecule has 1 aliphatic rings. The minimum atomic E-state index is -0.637. The van der Waals surface area contributed by atoms with E-state index in [1.165, 1.54) is 6.07 Å². The van der Waals surface area contributed by atoms with Crippen LogP contribution < -0.4 is 4.74 Å². The van der Waals surface area contributed by atoms with Crippen LogP contribution in [-0.4, -0.2) is 52.6 Å². The zero-order valence-corrected chi connectivity index (χ0v) is 19.5. The van der Waals surface area contributed by atoms with Crippen LogP contribution in [0.15, 0.2) is 60.7 Å². The van der Waals surface area contributed by atoms with Crippen LogP contribution in [0.1, 0.15) is 11.1 Å². The smallest absolute Gasteiger partial charge is 0.174 e. The zero-order chi connectivity index (χ0) is 24.5. The van der Waals surface area contributed by atoms with Crippen molar-refractivity contribution in [3.63, 3.8) is 0 Å². The third kappa shape index (κ3) is 4.56. The fourth-order valence-electron chi connectivity index (χ4n) is 4.86. The molecule has 0 aliphatic carbocycles. The summed E-state index contributed by atoms with van der Waals surface area (Å²) in [6.07, 6.45) is 0. The fourth-order valence-corrected chi connectivity index (χ4v) is 4.86. The number of hydrogen-bond donors (Lipinski definition) is 2. The summed E-state index contributed by atoms with van der Waals surface area (Å²) < 4.78 is 35.4. The summed E-state index contributed by atoms with van der Waals surface area (Å²) in [4.78, 5) is 2.18. The Morgan fingerprint density at radius 3 is 2.37 bits per heavy atom. The van der Waals surface area contributed by atoms with Crippen molar-refractivity contribution in [2.75, 3.05) is 32.9 Å². The molecule has 7 heteroatoms. The molecule has 4 aromatic rings. The second-order valence-electron chi connectivity index (χ2n) is 9.17. The minimum absolute atomic E-state index is 0.157. The molecule has 0 bridgehead atoms. The quantitative estimate of drug-likeness (QED) is 0.351. The van der Waals surface area contributed by atoms with Gasteiger partial charge in [0.2, 0.25) is 0 Å². The molecule has 0 atom stereocenters. The average Bonchev–Trinajstić information content (AvgIpc) is 3.11. The molecule has 5 rings (SSSR count). The molecule has 0 spiro atoms. The first-order chi connectivity index (χ1) is 16.9. The van der Waals surface area contributed by atoms with E-state index in [1.807, 2.05) is 35.8 Å². The molecule has 0 amide bonds. The fraction of sp³-hybridized carbons (Fsp3) is 0.286. The van der Waals surface area contributed by atoms with E-state index in [9.17, 15) is 19.0 Å². The number of phenolic OH excluding ortho intramolecular Hbond substituents is 2. The van der Waals surface area contributed by atoms with E-state index in [0.717, 1.165) is 47.8 Å². The number of ether oxygens (including phenoxy) is 1. The van der Waals surface area contributed by atoms with Crippen LogP contribution in [0.25, 0.3) is 22.2 Å². The Hall–Kier alpha value is -3.58. The molecule has 3 aromatic carbocycles. The van der Waals surface area contributed by atoms with Crippen LogP contribution in [-0.2, 0) is 6.54 Å². The lowest BCUT2D eigenvalue weighted by Gasteiger charge is -2.37. The molecule has 182 valence electrons. The number of likely N-dealkylation sites (tertiary alicyclic amines) is 1. The number of halogens is 2. The molecule has 1 fully saturated rings. The van der Waals surface area contributed by atoms with Gasteiger partial charge < -0.3 is 19.5 Å². The molecular formula is C28H28F2N2O3. The van der Waals surface area contributed by atoms with E-state index in [-0.39, 0.29) is 24.1 Å². The molecule has 35 heavy (non-hydrogen) atoms. The number of aryl methyl sites for hydroxylation is 1. The monoisotopic (exact) mass is 478 g/mol. The number of aromatic hydroxyl groups is 2. The SMILES string of the molecule is Cc1c(-c2ccc(O)cc2)n(Cc2ccc(OCCN3CC(CF)C3)cc2)c2ccc(O)c(F)c12. The lowest BCUT2D eigenvalue weighted by atomic mass is 10.0. The minimum Gasteiger partial charge on any atom is -0.508 e. The van der Waals surface area contributed by atoms with Crippen molar-refractivity contribution in [3.05, 3.63) is 77.6 Å². The van der Waals surface area contributed by atoms with Gasteiger partial charge in [-0.15, -0.1) is 0 Å². The summed E-state index contributed by atoms with van der Waals surface area (Å²) in [5.74, 6) is 0.0773. The molecule has 0 saturated carbocycles. The van der Waals surface area contributed by atoms with Gasteiger partial charge in [0.15, 0.2) is 11.6 Å². The summed E-state index contributed by atoms with van der Waals surface area (Å²) >= 11 is 0. The van der Waals surface area contributed by atoms with Crippen LogP contribution >= 0.6 is 0 Å². The van der Waals surface area contributed by atoms with Gasteiger partial charge in [-0.3, -0.25) is 9.29 Å². The van der Waals surface area contributed by atoms with E-state index in [0.29, 0.717) is 24.1 Å². The Morgan fingerprint density at radius 2 is 1.69 bits per heavy atom. The number of fused-ring (bicyclic) bond motifs is 1. The maximum absolute atomic E-state index is 14.9. The predicted octanol–water partition coefficient (Wildman–Crippen LogP) is 5.50. The van der Waals surface area contributed by atoms with Crippen LogP contribution in [0.3, 0.4) is 0 Å². The van der Waals surface area contributed by atoms with E-state index in [1.54, 1.807) is 30.3 Å². The number of phenols is 2. The van der Waals surface area contributed by atoms with Crippen molar-refractivity contribution >= 4 is 10.9 Å². The molecule has 0 radical (unpaired) electrons. The number of rotatable bonds is 8. The van der Waals surface area contributed by atoms with Crippen molar-refractivity contribution in [2.45, 2.75) is 13.5 Å².